The van der Waals surface area contributed by atoms with Crippen LogP contribution in [0.3, 0.4) is 0 Å². The number of methoxy groups -OCH3 is 1. The SMILES string of the molecule is COC(=O)c1ccc(-c2cccc(Cl)c2Cl)o1. The van der Waals surface area contributed by atoms with Gasteiger partial charge < -0.3 is 9.15 Å². The number of benzene rings is 1. The summed E-state index contributed by atoms with van der Waals surface area (Å²) in [5.41, 5.74) is 0.634. The van der Waals surface area contributed by atoms with E-state index in [1.807, 2.05) is 0 Å². The minimum Gasteiger partial charge on any atom is -0.463 e. The normalized spacial score (nSPS) is 10.3. The molecule has 1 aromatic heterocycles. The monoisotopic (exact) mass is 270 g/mol. The predicted octanol–water partition coefficient (Wildman–Crippen LogP) is 4.04. The van der Waals surface area contributed by atoms with E-state index in [1.54, 1.807) is 24.3 Å². The van der Waals surface area contributed by atoms with Crippen LogP contribution in [-0.4, -0.2) is 13.1 Å². The van der Waals surface area contributed by atoms with Crippen LogP contribution in [0.5, 0.6) is 0 Å². The zero-order chi connectivity index (χ0) is 12.4. The lowest BCUT2D eigenvalue weighted by molar-refractivity contribution is 0.0566. The molecule has 0 saturated heterocycles. The van der Waals surface area contributed by atoms with E-state index in [0.717, 1.165) is 0 Å². The van der Waals surface area contributed by atoms with Crippen LogP contribution in [0.25, 0.3) is 11.3 Å². The van der Waals surface area contributed by atoms with Gasteiger partial charge in [0, 0.05) is 5.56 Å². The van der Waals surface area contributed by atoms with Gasteiger partial charge >= 0.3 is 5.97 Å². The number of hydrogen-bond acceptors (Lipinski definition) is 3. The Morgan fingerprint density at radius 1 is 1.24 bits per heavy atom. The molecule has 0 atom stereocenters. The third-order valence-electron chi connectivity index (χ3n) is 2.21. The van der Waals surface area contributed by atoms with Gasteiger partial charge in [-0.25, -0.2) is 4.79 Å². The minimum absolute atomic E-state index is 0.124. The number of furan rings is 1. The van der Waals surface area contributed by atoms with Gasteiger partial charge in [-0.2, -0.15) is 0 Å². The zero-order valence-corrected chi connectivity index (χ0v) is 10.4. The van der Waals surface area contributed by atoms with Crippen molar-refractivity contribution in [3.05, 3.63) is 46.1 Å². The van der Waals surface area contributed by atoms with Gasteiger partial charge in [0.15, 0.2) is 0 Å². The minimum atomic E-state index is -0.533. The predicted molar refractivity (Wildman–Crippen MR) is 65.5 cm³/mol. The molecule has 5 heteroatoms. The number of carbonyl (C=O) groups excluding carboxylic acids is 1. The molecule has 0 spiro atoms. The summed E-state index contributed by atoms with van der Waals surface area (Å²) in [6.45, 7) is 0. The summed E-state index contributed by atoms with van der Waals surface area (Å²) in [5.74, 6) is 0.0610. The van der Waals surface area contributed by atoms with E-state index >= 15 is 0 Å². The Kier molecular flexibility index (Phi) is 3.41. The van der Waals surface area contributed by atoms with E-state index < -0.39 is 5.97 Å². The first-order valence-corrected chi connectivity index (χ1v) is 5.51. The standard InChI is InChI=1S/C12H8Cl2O3/c1-16-12(15)10-6-5-9(17-10)7-3-2-4-8(13)11(7)14/h2-6H,1H3. The highest BCUT2D eigenvalue weighted by Crippen LogP contribution is 2.34. The summed E-state index contributed by atoms with van der Waals surface area (Å²) in [5, 5.41) is 0.820. The van der Waals surface area contributed by atoms with Crippen LogP contribution in [0.15, 0.2) is 34.7 Å². The topological polar surface area (TPSA) is 39.4 Å². The van der Waals surface area contributed by atoms with E-state index in [2.05, 4.69) is 4.74 Å². The first-order chi connectivity index (χ1) is 8.13. The maximum absolute atomic E-state index is 11.2. The number of esters is 1. The van der Waals surface area contributed by atoms with Crippen molar-refractivity contribution in [3.63, 3.8) is 0 Å². The first-order valence-electron chi connectivity index (χ1n) is 4.76. The fraction of sp³-hybridized carbons (Fsp3) is 0.0833. The number of hydrogen-bond donors (Lipinski definition) is 0. The van der Waals surface area contributed by atoms with Crippen LogP contribution in [0, 0.1) is 0 Å². The summed E-state index contributed by atoms with van der Waals surface area (Å²) in [4.78, 5) is 11.2. The van der Waals surface area contributed by atoms with Crippen molar-refractivity contribution in [3.8, 4) is 11.3 Å². The molecule has 88 valence electrons. The molecule has 0 unspecified atom stereocenters. The molecule has 17 heavy (non-hydrogen) atoms. The summed E-state index contributed by atoms with van der Waals surface area (Å²) in [6.07, 6.45) is 0. The molecule has 2 aromatic rings. The van der Waals surface area contributed by atoms with Crippen LogP contribution in [0.4, 0.5) is 0 Å². The van der Waals surface area contributed by atoms with Crippen molar-refractivity contribution in [2.45, 2.75) is 0 Å². The molecular formula is C12H8Cl2O3. The Hall–Kier alpha value is -1.45. The molecule has 3 nitrogen and oxygen atoms in total. The van der Waals surface area contributed by atoms with Gasteiger partial charge in [0.2, 0.25) is 5.76 Å². The van der Waals surface area contributed by atoms with Crippen molar-refractivity contribution in [2.24, 2.45) is 0 Å². The van der Waals surface area contributed by atoms with Crippen LogP contribution in [0.2, 0.25) is 10.0 Å². The molecule has 0 fully saturated rings. The van der Waals surface area contributed by atoms with Crippen molar-refractivity contribution in [2.75, 3.05) is 7.11 Å². The van der Waals surface area contributed by atoms with Crippen LogP contribution in [0.1, 0.15) is 10.6 Å². The van der Waals surface area contributed by atoms with E-state index in [4.69, 9.17) is 27.6 Å². The Morgan fingerprint density at radius 2 is 2.00 bits per heavy atom. The second-order valence-corrected chi connectivity index (χ2v) is 4.04. The zero-order valence-electron chi connectivity index (χ0n) is 8.87. The molecule has 0 radical (unpaired) electrons. The molecule has 0 amide bonds. The van der Waals surface area contributed by atoms with Crippen molar-refractivity contribution in [1.82, 2.24) is 0 Å². The number of rotatable bonds is 2. The highest BCUT2D eigenvalue weighted by Gasteiger charge is 2.14. The van der Waals surface area contributed by atoms with Gasteiger partial charge in [-0.05, 0) is 24.3 Å². The fourth-order valence-electron chi connectivity index (χ4n) is 1.39. The summed E-state index contributed by atoms with van der Waals surface area (Å²) < 4.78 is 9.89. The highest BCUT2D eigenvalue weighted by atomic mass is 35.5. The van der Waals surface area contributed by atoms with Gasteiger partial charge in [0.05, 0.1) is 17.2 Å². The second-order valence-electron chi connectivity index (χ2n) is 3.26. The quantitative estimate of drug-likeness (QED) is 0.774. The smallest absolute Gasteiger partial charge is 0.373 e. The van der Waals surface area contributed by atoms with Gasteiger partial charge in [-0.15, -0.1) is 0 Å². The molecular weight excluding hydrogens is 263 g/mol. The van der Waals surface area contributed by atoms with Crippen molar-refractivity contribution < 1.29 is 13.9 Å². The van der Waals surface area contributed by atoms with E-state index in [0.29, 0.717) is 21.4 Å². The van der Waals surface area contributed by atoms with Crippen LogP contribution >= 0.6 is 23.2 Å². The maximum atomic E-state index is 11.2. The van der Waals surface area contributed by atoms with Gasteiger partial charge in [-0.3, -0.25) is 0 Å². The van der Waals surface area contributed by atoms with Crippen molar-refractivity contribution >= 4 is 29.2 Å². The molecule has 0 aliphatic rings. The molecule has 0 bridgehead atoms. The molecule has 0 aliphatic carbocycles. The van der Waals surface area contributed by atoms with Crippen LogP contribution < -0.4 is 0 Å². The summed E-state index contributed by atoms with van der Waals surface area (Å²) >= 11 is 11.9. The number of halogens is 2. The van der Waals surface area contributed by atoms with Crippen LogP contribution in [-0.2, 0) is 4.74 Å². The second kappa shape index (κ2) is 4.82. The van der Waals surface area contributed by atoms with E-state index in [1.165, 1.54) is 13.2 Å². The fourth-order valence-corrected chi connectivity index (χ4v) is 1.78. The molecule has 0 N–H and O–H groups in total. The van der Waals surface area contributed by atoms with E-state index in [9.17, 15) is 4.79 Å². The maximum Gasteiger partial charge on any atom is 0.373 e. The van der Waals surface area contributed by atoms with Gasteiger partial charge in [0.1, 0.15) is 5.76 Å². The van der Waals surface area contributed by atoms with Gasteiger partial charge in [0.25, 0.3) is 0 Å². The first kappa shape index (κ1) is 12.0. The van der Waals surface area contributed by atoms with E-state index in [-0.39, 0.29) is 5.76 Å². The third kappa shape index (κ3) is 2.30. The Labute approximate surface area is 108 Å². The Morgan fingerprint density at radius 3 is 2.71 bits per heavy atom. The lowest BCUT2D eigenvalue weighted by Crippen LogP contribution is -1.98. The average molecular weight is 271 g/mol. The number of carbonyl (C=O) groups is 1. The molecule has 2 rings (SSSR count). The Bertz CT molecular complexity index is 561. The van der Waals surface area contributed by atoms with Crippen molar-refractivity contribution in [1.29, 1.82) is 0 Å². The lowest BCUT2D eigenvalue weighted by Gasteiger charge is -2.02. The Balaban J connectivity index is 2.44. The molecule has 0 saturated carbocycles. The van der Waals surface area contributed by atoms with Gasteiger partial charge in [-0.1, -0.05) is 29.3 Å². The lowest BCUT2D eigenvalue weighted by atomic mass is 10.2. The average Bonchev–Trinajstić information content (AvgIpc) is 2.81. The number of ether oxygens (including phenoxy) is 1. The summed E-state index contributed by atoms with van der Waals surface area (Å²) in [6, 6.07) is 8.36. The third-order valence-corrected chi connectivity index (χ3v) is 3.03. The largest absolute Gasteiger partial charge is 0.463 e. The molecule has 1 aromatic carbocycles. The summed E-state index contributed by atoms with van der Waals surface area (Å²) in [7, 11) is 1.29. The molecule has 0 aliphatic heterocycles. The molecule has 1 heterocycles. The highest BCUT2D eigenvalue weighted by molar-refractivity contribution is 6.43.